The first-order chi connectivity index (χ1) is 14.8. The van der Waals surface area contributed by atoms with Crippen LogP contribution >= 0.6 is 35.0 Å². The van der Waals surface area contributed by atoms with Gasteiger partial charge < -0.3 is 0 Å². The Hall–Kier alpha value is -2.66. The lowest BCUT2D eigenvalue weighted by atomic mass is 10.3. The Morgan fingerprint density at radius 1 is 1.06 bits per heavy atom. The summed E-state index contributed by atoms with van der Waals surface area (Å²) in [6.07, 6.45) is 1.64. The third kappa shape index (κ3) is 4.24. The van der Waals surface area contributed by atoms with Crippen LogP contribution in [0.1, 0.15) is 5.82 Å². The Morgan fingerprint density at radius 2 is 1.77 bits per heavy atom. The number of nitro groups is 1. The molecule has 0 bridgehead atoms. The van der Waals surface area contributed by atoms with Crippen molar-refractivity contribution in [1.29, 1.82) is 0 Å². The van der Waals surface area contributed by atoms with Crippen LogP contribution in [0.25, 0.3) is 11.0 Å². The van der Waals surface area contributed by atoms with Gasteiger partial charge in [0.1, 0.15) is 5.82 Å². The predicted molar refractivity (Wildman–Crippen MR) is 119 cm³/mol. The van der Waals surface area contributed by atoms with E-state index in [1.165, 1.54) is 36.0 Å². The molecule has 0 radical (unpaired) electrons. The number of fused-ring (bicyclic) bond motifs is 1. The number of pyridine rings is 1. The summed E-state index contributed by atoms with van der Waals surface area (Å²) in [5.74, 6) is 0.440. The first-order valence-electron chi connectivity index (χ1n) is 8.67. The summed E-state index contributed by atoms with van der Waals surface area (Å²) >= 11 is 13.5. The molecule has 31 heavy (non-hydrogen) atoms. The van der Waals surface area contributed by atoms with Crippen LogP contribution in [0.3, 0.4) is 0 Å². The molecule has 4 rings (SSSR count). The van der Waals surface area contributed by atoms with Gasteiger partial charge in [0.05, 0.1) is 41.7 Å². The highest BCUT2D eigenvalue weighted by atomic mass is 35.5. The van der Waals surface area contributed by atoms with Gasteiger partial charge in [-0.05, 0) is 36.4 Å². The normalized spacial score (nSPS) is 11.7. The van der Waals surface area contributed by atoms with Crippen LogP contribution in [-0.2, 0) is 15.8 Å². The maximum atomic E-state index is 13.5. The Morgan fingerprint density at radius 3 is 2.42 bits per heavy atom. The van der Waals surface area contributed by atoms with Crippen molar-refractivity contribution in [2.24, 2.45) is 0 Å². The summed E-state index contributed by atoms with van der Waals surface area (Å²) in [5.41, 5.74) is 0.399. The molecule has 2 aromatic heterocycles. The smallest absolute Gasteiger partial charge is 0.258 e. The molecule has 0 atom stereocenters. The van der Waals surface area contributed by atoms with Gasteiger partial charge in [-0.1, -0.05) is 41.0 Å². The fourth-order valence-corrected chi connectivity index (χ4v) is 5.53. The number of benzene rings is 2. The van der Waals surface area contributed by atoms with Crippen molar-refractivity contribution < 1.29 is 13.3 Å². The molecule has 0 unspecified atom stereocenters. The monoisotopic (exact) mass is 494 g/mol. The van der Waals surface area contributed by atoms with Crippen LogP contribution in [0, 0.1) is 10.1 Å². The average molecular weight is 495 g/mol. The molecule has 0 spiro atoms. The molecule has 0 fully saturated rings. The van der Waals surface area contributed by atoms with E-state index in [1.807, 2.05) is 6.07 Å². The van der Waals surface area contributed by atoms with E-state index in [0.717, 1.165) is 16.1 Å². The Labute approximate surface area is 191 Å². The molecule has 0 aliphatic heterocycles. The number of nitro benzene ring substituents is 1. The summed E-state index contributed by atoms with van der Waals surface area (Å²) < 4.78 is 28.0. The van der Waals surface area contributed by atoms with Crippen molar-refractivity contribution in [3.8, 4) is 0 Å². The van der Waals surface area contributed by atoms with Crippen molar-refractivity contribution in [3.63, 3.8) is 0 Å². The molecule has 0 saturated carbocycles. The molecular formula is C19H12Cl2N4O4S2. The topological polar surface area (TPSA) is 108 Å². The molecule has 0 amide bonds. The highest BCUT2D eigenvalue weighted by molar-refractivity contribution is 7.98. The third-order valence-electron chi connectivity index (χ3n) is 4.29. The molecule has 158 valence electrons. The fraction of sp³-hybridized carbons (Fsp3) is 0.0526. The predicted octanol–water partition coefficient (Wildman–Crippen LogP) is 5.18. The maximum absolute atomic E-state index is 13.5. The Kier molecular flexibility index (Phi) is 5.89. The second kappa shape index (κ2) is 8.46. The first-order valence-corrected chi connectivity index (χ1v) is 11.9. The van der Waals surface area contributed by atoms with Gasteiger partial charge in [-0.3, -0.25) is 10.1 Å². The van der Waals surface area contributed by atoms with Crippen LogP contribution in [0.2, 0.25) is 10.0 Å². The Balaban J connectivity index is 1.85. The van der Waals surface area contributed by atoms with Crippen molar-refractivity contribution in [3.05, 3.63) is 86.8 Å². The van der Waals surface area contributed by atoms with E-state index < -0.39 is 14.9 Å². The van der Waals surface area contributed by atoms with Gasteiger partial charge in [0.25, 0.3) is 15.7 Å². The van der Waals surface area contributed by atoms with E-state index in [0.29, 0.717) is 10.5 Å². The van der Waals surface area contributed by atoms with Gasteiger partial charge in [-0.25, -0.2) is 22.4 Å². The molecule has 2 heterocycles. The number of hydrogen-bond donors (Lipinski definition) is 0. The molecular weight excluding hydrogens is 483 g/mol. The van der Waals surface area contributed by atoms with Gasteiger partial charge in [0, 0.05) is 18.3 Å². The molecule has 0 saturated heterocycles. The van der Waals surface area contributed by atoms with Crippen LogP contribution < -0.4 is 0 Å². The fourth-order valence-electron chi connectivity index (χ4n) is 2.88. The molecule has 4 aromatic rings. The van der Waals surface area contributed by atoms with Gasteiger partial charge in [-0.2, -0.15) is 0 Å². The van der Waals surface area contributed by atoms with Gasteiger partial charge in [0.2, 0.25) is 0 Å². The second-order valence-corrected chi connectivity index (χ2v) is 9.86. The van der Waals surface area contributed by atoms with Crippen LogP contribution in [0.15, 0.2) is 70.7 Å². The highest BCUT2D eigenvalue weighted by Gasteiger charge is 2.26. The SMILES string of the molecule is O=[N+]([O-])c1ccc(S(=O)(=O)n2c(CSc3ccccn3)nc3cc(Cl)c(Cl)cc32)cc1. The lowest BCUT2D eigenvalue weighted by Crippen LogP contribution is -2.16. The number of thioether (sulfide) groups is 1. The number of halogens is 2. The summed E-state index contributed by atoms with van der Waals surface area (Å²) in [5, 5.41) is 12.0. The quantitative estimate of drug-likeness (QED) is 0.206. The van der Waals surface area contributed by atoms with E-state index in [1.54, 1.807) is 18.3 Å². The minimum Gasteiger partial charge on any atom is -0.258 e. The van der Waals surface area contributed by atoms with Crippen molar-refractivity contribution >= 4 is 61.7 Å². The summed E-state index contributed by atoms with van der Waals surface area (Å²) in [6.45, 7) is 0. The van der Waals surface area contributed by atoms with E-state index in [-0.39, 0.29) is 37.7 Å². The maximum Gasteiger partial charge on any atom is 0.269 e. The molecule has 8 nitrogen and oxygen atoms in total. The number of hydrogen-bond acceptors (Lipinski definition) is 7. The summed E-state index contributed by atoms with van der Waals surface area (Å²) in [7, 11) is -4.13. The van der Waals surface area contributed by atoms with Crippen molar-refractivity contribution in [2.75, 3.05) is 0 Å². The third-order valence-corrected chi connectivity index (χ3v) is 7.71. The standard InChI is InChI=1S/C19H12Cl2N4O4S2/c20-14-9-16-17(10-15(14)21)24(18(23-16)11-30-19-3-1-2-8-22-19)31(28,29)13-6-4-12(5-7-13)25(26)27/h1-10H,11H2. The average Bonchev–Trinajstić information content (AvgIpc) is 3.11. The molecule has 0 aliphatic carbocycles. The minimum atomic E-state index is -4.13. The van der Waals surface area contributed by atoms with E-state index in [2.05, 4.69) is 9.97 Å². The highest BCUT2D eigenvalue weighted by Crippen LogP contribution is 2.33. The van der Waals surface area contributed by atoms with Gasteiger partial charge >= 0.3 is 0 Å². The van der Waals surface area contributed by atoms with Crippen LogP contribution in [0.5, 0.6) is 0 Å². The number of rotatable bonds is 6. The molecule has 0 N–H and O–H groups in total. The van der Waals surface area contributed by atoms with Crippen LogP contribution in [-0.4, -0.2) is 27.3 Å². The van der Waals surface area contributed by atoms with Crippen LogP contribution in [0.4, 0.5) is 5.69 Å². The van der Waals surface area contributed by atoms with Crippen molar-refractivity contribution in [2.45, 2.75) is 15.7 Å². The van der Waals surface area contributed by atoms with Gasteiger partial charge in [-0.15, -0.1) is 0 Å². The minimum absolute atomic E-state index is 0.118. The Bertz CT molecular complexity index is 1390. The zero-order valence-electron chi connectivity index (χ0n) is 15.5. The zero-order valence-corrected chi connectivity index (χ0v) is 18.6. The van der Waals surface area contributed by atoms with Gasteiger partial charge in [0.15, 0.2) is 0 Å². The molecule has 12 heteroatoms. The molecule has 0 aliphatic rings. The van der Waals surface area contributed by atoms with E-state index >= 15 is 0 Å². The largest absolute Gasteiger partial charge is 0.269 e. The second-order valence-electron chi connectivity index (χ2n) is 6.26. The lowest BCUT2D eigenvalue weighted by molar-refractivity contribution is -0.384. The number of aromatic nitrogens is 3. The number of nitrogens with zero attached hydrogens (tertiary/aromatic N) is 4. The van der Waals surface area contributed by atoms with E-state index in [4.69, 9.17) is 23.2 Å². The zero-order chi connectivity index (χ0) is 22.2. The lowest BCUT2D eigenvalue weighted by Gasteiger charge is -2.11. The van der Waals surface area contributed by atoms with Crippen molar-refractivity contribution in [1.82, 2.24) is 13.9 Å². The molecule has 2 aromatic carbocycles. The summed E-state index contributed by atoms with van der Waals surface area (Å²) in [6, 6.07) is 13.0. The number of imidazole rings is 1. The van der Waals surface area contributed by atoms with E-state index in [9.17, 15) is 18.5 Å². The summed E-state index contributed by atoms with van der Waals surface area (Å²) in [4.78, 5) is 18.9. The first kappa shape index (κ1) is 21.6. The number of non-ortho nitro benzene ring substituents is 1.